The lowest BCUT2D eigenvalue weighted by molar-refractivity contribution is 0.965. The topological polar surface area (TPSA) is 37.8 Å². The van der Waals surface area contributed by atoms with Gasteiger partial charge >= 0.3 is 0 Å². The van der Waals surface area contributed by atoms with Crippen LogP contribution in [0.2, 0.25) is 0 Å². The Labute approximate surface area is 108 Å². The molecule has 0 unspecified atom stereocenters. The first-order chi connectivity index (χ1) is 8.86. The summed E-state index contributed by atoms with van der Waals surface area (Å²) in [6.07, 6.45) is 5.56. The molecule has 18 heavy (non-hydrogen) atoms. The Morgan fingerprint density at radius 1 is 1.06 bits per heavy atom. The number of benzene rings is 1. The fourth-order valence-corrected chi connectivity index (χ4v) is 1.97. The minimum absolute atomic E-state index is 0.875. The van der Waals surface area contributed by atoms with Gasteiger partial charge in [-0.15, -0.1) is 0 Å². The predicted molar refractivity (Wildman–Crippen MR) is 75.6 cm³/mol. The first-order valence-electron chi connectivity index (χ1n) is 6.50. The van der Waals surface area contributed by atoms with Gasteiger partial charge in [0.05, 0.1) is 0 Å². The molecule has 3 heteroatoms. The van der Waals surface area contributed by atoms with Crippen LogP contribution in [0.4, 0.5) is 5.82 Å². The van der Waals surface area contributed by atoms with Gasteiger partial charge in [0, 0.05) is 24.5 Å². The maximum atomic E-state index is 4.49. The van der Waals surface area contributed by atoms with E-state index in [1.807, 2.05) is 6.07 Å². The van der Waals surface area contributed by atoms with Crippen LogP contribution in [0.15, 0.2) is 36.7 Å². The lowest BCUT2D eigenvalue weighted by atomic mass is 10.0. The highest BCUT2D eigenvalue weighted by Gasteiger charge is 2.10. The molecule has 0 aliphatic rings. The van der Waals surface area contributed by atoms with Gasteiger partial charge in [0.2, 0.25) is 0 Å². The van der Waals surface area contributed by atoms with Crippen molar-refractivity contribution in [1.29, 1.82) is 0 Å². The second-order valence-electron chi connectivity index (χ2n) is 4.19. The monoisotopic (exact) mass is 241 g/mol. The standard InChI is InChI=1S/C15H19N3/c1-3-9-17-15-14(16-10-11-18-15)13-8-6-5-7-12(13)4-2/h5-8,10-11H,3-4,9H2,1-2H3,(H,17,18). The summed E-state index contributed by atoms with van der Waals surface area (Å²) in [6, 6.07) is 8.37. The van der Waals surface area contributed by atoms with E-state index >= 15 is 0 Å². The van der Waals surface area contributed by atoms with Crippen LogP contribution in [-0.2, 0) is 6.42 Å². The third kappa shape index (κ3) is 2.67. The summed E-state index contributed by atoms with van der Waals surface area (Å²) in [5.74, 6) is 0.875. The van der Waals surface area contributed by atoms with Gasteiger partial charge in [0.1, 0.15) is 5.69 Å². The van der Waals surface area contributed by atoms with Crippen molar-refractivity contribution in [1.82, 2.24) is 9.97 Å². The Balaban J connectivity index is 2.43. The highest BCUT2D eigenvalue weighted by atomic mass is 15.0. The summed E-state index contributed by atoms with van der Waals surface area (Å²) in [7, 11) is 0. The minimum Gasteiger partial charge on any atom is -0.368 e. The van der Waals surface area contributed by atoms with Crippen LogP contribution in [0.5, 0.6) is 0 Å². The van der Waals surface area contributed by atoms with E-state index in [4.69, 9.17) is 0 Å². The van der Waals surface area contributed by atoms with E-state index in [-0.39, 0.29) is 0 Å². The molecule has 1 aromatic heterocycles. The minimum atomic E-state index is 0.875. The zero-order valence-corrected chi connectivity index (χ0v) is 11.0. The van der Waals surface area contributed by atoms with Crippen molar-refractivity contribution in [3.05, 3.63) is 42.2 Å². The number of nitrogens with zero attached hydrogens (tertiary/aromatic N) is 2. The molecule has 2 rings (SSSR count). The molecule has 0 radical (unpaired) electrons. The summed E-state index contributed by atoms with van der Waals surface area (Å²) in [6.45, 7) is 5.22. The van der Waals surface area contributed by atoms with Crippen LogP contribution in [0.1, 0.15) is 25.8 Å². The van der Waals surface area contributed by atoms with Crippen LogP contribution in [0.25, 0.3) is 11.3 Å². The van der Waals surface area contributed by atoms with Crippen molar-refractivity contribution in [2.45, 2.75) is 26.7 Å². The van der Waals surface area contributed by atoms with E-state index in [1.54, 1.807) is 12.4 Å². The second-order valence-corrected chi connectivity index (χ2v) is 4.19. The fourth-order valence-electron chi connectivity index (χ4n) is 1.97. The number of anilines is 1. The Kier molecular flexibility index (Phi) is 4.29. The van der Waals surface area contributed by atoms with E-state index in [0.29, 0.717) is 0 Å². The van der Waals surface area contributed by atoms with E-state index in [9.17, 15) is 0 Å². The zero-order valence-electron chi connectivity index (χ0n) is 11.0. The first-order valence-corrected chi connectivity index (χ1v) is 6.50. The molecular formula is C15H19N3. The van der Waals surface area contributed by atoms with Gasteiger partial charge in [0.15, 0.2) is 5.82 Å². The Morgan fingerprint density at radius 2 is 1.83 bits per heavy atom. The second kappa shape index (κ2) is 6.15. The number of rotatable bonds is 5. The Hall–Kier alpha value is -1.90. The van der Waals surface area contributed by atoms with Crippen molar-refractivity contribution < 1.29 is 0 Å². The van der Waals surface area contributed by atoms with Gasteiger partial charge in [-0.05, 0) is 18.4 Å². The van der Waals surface area contributed by atoms with Crippen LogP contribution >= 0.6 is 0 Å². The molecule has 0 aliphatic heterocycles. The highest BCUT2D eigenvalue weighted by Crippen LogP contribution is 2.27. The summed E-state index contributed by atoms with van der Waals surface area (Å²) >= 11 is 0. The molecule has 0 fully saturated rings. The van der Waals surface area contributed by atoms with Gasteiger partial charge in [-0.2, -0.15) is 0 Å². The Bertz CT molecular complexity index is 509. The predicted octanol–water partition coefficient (Wildman–Crippen LogP) is 3.53. The zero-order chi connectivity index (χ0) is 12.8. The van der Waals surface area contributed by atoms with Gasteiger partial charge in [0.25, 0.3) is 0 Å². The third-order valence-electron chi connectivity index (χ3n) is 2.89. The van der Waals surface area contributed by atoms with Gasteiger partial charge in [-0.1, -0.05) is 38.1 Å². The van der Waals surface area contributed by atoms with Crippen molar-refractivity contribution in [2.24, 2.45) is 0 Å². The normalized spacial score (nSPS) is 10.3. The smallest absolute Gasteiger partial charge is 0.152 e. The van der Waals surface area contributed by atoms with E-state index < -0.39 is 0 Å². The lowest BCUT2D eigenvalue weighted by Gasteiger charge is -2.11. The molecule has 1 aromatic carbocycles. The average molecular weight is 241 g/mol. The van der Waals surface area contributed by atoms with Gasteiger partial charge in [-0.25, -0.2) is 4.98 Å². The number of aryl methyl sites for hydroxylation is 1. The number of nitrogens with one attached hydrogen (secondary N) is 1. The number of hydrogen-bond donors (Lipinski definition) is 1. The first kappa shape index (κ1) is 12.6. The largest absolute Gasteiger partial charge is 0.368 e. The van der Waals surface area contributed by atoms with E-state index in [2.05, 4.69) is 47.3 Å². The maximum Gasteiger partial charge on any atom is 0.152 e. The molecule has 0 bridgehead atoms. The molecule has 0 amide bonds. The van der Waals surface area contributed by atoms with E-state index in [1.165, 1.54) is 11.1 Å². The summed E-state index contributed by atoms with van der Waals surface area (Å²) in [5, 5.41) is 3.34. The highest BCUT2D eigenvalue weighted by molar-refractivity contribution is 5.73. The summed E-state index contributed by atoms with van der Waals surface area (Å²) in [5.41, 5.74) is 3.42. The van der Waals surface area contributed by atoms with E-state index in [0.717, 1.165) is 30.9 Å². The van der Waals surface area contributed by atoms with Crippen LogP contribution < -0.4 is 5.32 Å². The van der Waals surface area contributed by atoms with Crippen LogP contribution in [-0.4, -0.2) is 16.5 Å². The average Bonchev–Trinajstić information content (AvgIpc) is 2.45. The van der Waals surface area contributed by atoms with Crippen molar-refractivity contribution >= 4 is 5.82 Å². The molecule has 0 spiro atoms. The maximum absolute atomic E-state index is 4.49. The molecule has 0 aliphatic carbocycles. The van der Waals surface area contributed by atoms with Gasteiger partial charge in [-0.3, -0.25) is 4.98 Å². The molecule has 0 atom stereocenters. The fraction of sp³-hybridized carbons (Fsp3) is 0.333. The molecular weight excluding hydrogens is 222 g/mol. The molecule has 3 nitrogen and oxygen atoms in total. The lowest BCUT2D eigenvalue weighted by Crippen LogP contribution is -2.05. The van der Waals surface area contributed by atoms with Crippen LogP contribution in [0, 0.1) is 0 Å². The molecule has 1 N–H and O–H groups in total. The van der Waals surface area contributed by atoms with Crippen molar-refractivity contribution in [3.8, 4) is 11.3 Å². The quantitative estimate of drug-likeness (QED) is 0.870. The SMILES string of the molecule is CCCNc1nccnc1-c1ccccc1CC. The van der Waals surface area contributed by atoms with Gasteiger partial charge < -0.3 is 5.32 Å². The molecule has 2 aromatic rings. The molecule has 0 saturated carbocycles. The molecule has 94 valence electrons. The van der Waals surface area contributed by atoms with Crippen LogP contribution in [0.3, 0.4) is 0 Å². The summed E-state index contributed by atoms with van der Waals surface area (Å²) in [4.78, 5) is 8.88. The molecule has 0 saturated heterocycles. The Morgan fingerprint density at radius 3 is 2.61 bits per heavy atom. The van der Waals surface area contributed by atoms with Crippen molar-refractivity contribution in [2.75, 3.05) is 11.9 Å². The summed E-state index contributed by atoms with van der Waals surface area (Å²) < 4.78 is 0. The third-order valence-corrected chi connectivity index (χ3v) is 2.89. The number of hydrogen-bond acceptors (Lipinski definition) is 3. The number of aromatic nitrogens is 2. The molecule has 1 heterocycles. The van der Waals surface area contributed by atoms with Crippen molar-refractivity contribution in [3.63, 3.8) is 0 Å².